The van der Waals surface area contributed by atoms with E-state index < -0.39 is 0 Å². The van der Waals surface area contributed by atoms with Crippen LogP contribution in [-0.4, -0.2) is 39.5 Å². The molecule has 0 spiro atoms. The average Bonchev–Trinajstić information content (AvgIpc) is 2.85. The molecule has 1 fully saturated rings. The quantitative estimate of drug-likeness (QED) is 0.939. The third kappa shape index (κ3) is 3.67. The SMILES string of the molecule is Cc1cc(C(=O)NC2CCN(Cc3ccncc3)CC2)c(C)n1C. The third-order valence-corrected chi connectivity index (χ3v) is 5.10. The summed E-state index contributed by atoms with van der Waals surface area (Å²) in [6.45, 7) is 7.01. The largest absolute Gasteiger partial charge is 0.351 e. The maximum atomic E-state index is 12.5. The van der Waals surface area contributed by atoms with Crippen LogP contribution < -0.4 is 5.32 Å². The zero-order valence-electron chi connectivity index (χ0n) is 14.7. The van der Waals surface area contributed by atoms with Crippen LogP contribution >= 0.6 is 0 Å². The Balaban J connectivity index is 1.52. The van der Waals surface area contributed by atoms with E-state index in [1.54, 1.807) is 0 Å². The van der Waals surface area contributed by atoms with Gasteiger partial charge < -0.3 is 9.88 Å². The Labute approximate surface area is 143 Å². The second-order valence-corrected chi connectivity index (χ2v) is 6.72. The van der Waals surface area contributed by atoms with Gasteiger partial charge in [-0.05, 0) is 50.5 Å². The molecule has 5 nitrogen and oxygen atoms in total. The number of likely N-dealkylation sites (tertiary alicyclic amines) is 1. The standard InChI is InChI=1S/C19H26N4O/c1-14-12-18(15(2)22(14)3)19(24)21-17-6-10-23(11-7-17)13-16-4-8-20-9-5-16/h4-5,8-9,12,17H,6-7,10-11,13H2,1-3H3,(H,21,24). The summed E-state index contributed by atoms with van der Waals surface area (Å²) in [6, 6.07) is 6.37. The predicted molar refractivity (Wildman–Crippen MR) is 94.9 cm³/mol. The Morgan fingerprint density at radius 1 is 1.25 bits per heavy atom. The first-order valence-corrected chi connectivity index (χ1v) is 8.59. The van der Waals surface area contributed by atoms with Crippen molar-refractivity contribution < 1.29 is 4.79 Å². The van der Waals surface area contributed by atoms with Gasteiger partial charge in [0.15, 0.2) is 0 Å². The fourth-order valence-corrected chi connectivity index (χ4v) is 3.33. The van der Waals surface area contributed by atoms with Gasteiger partial charge in [-0.25, -0.2) is 0 Å². The van der Waals surface area contributed by atoms with Crippen LogP contribution in [0.4, 0.5) is 0 Å². The van der Waals surface area contributed by atoms with E-state index in [4.69, 9.17) is 0 Å². The molecule has 24 heavy (non-hydrogen) atoms. The van der Waals surface area contributed by atoms with Crippen LogP contribution in [0.2, 0.25) is 0 Å². The van der Waals surface area contributed by atoms with Crippen molar-refractivity contribution in [1.82, 2.24) is 19.8 Å². The number of aryl methyl sites for hydroxylation is 1. The van der Waals surface area contributed by atoms with Gasteiger partial charge in [0.1, 0.15) is 0 Å². The van der Waals surface area contributed by atoms with Crippen molar-refractivity contribution in [1.29, 1.82) is 0 Å². The van der Waals surface area contributed by atoms with E-state index >= 15 is 0 Å². The minimum atomic E-state index is 0.0591. The van der Waals surface area contributed by atoms with Crippen molar-refractivity contribution in [2.75, 3.05) is 13.1 Å². The van der Waals surface area contributed by atoms with Gasteiger partial charge in [0, 0.05) is 56.5 Å². The molecule has 0 aliphatic carbocycles. The molecule has 0 radical (unpaired) electrons. The van der Waals surface area contributed by atoms with Crippen LogP contribution in [-0.2, 0) is 13.6 Å². The molecule has 3 heterocycles. The van der Waals surface area contributed by atoms with Crippen LogP contribution in [0.15, 0.2) is 30.6 Å². The summed E-state index contributed by atoms with van der Waals surface area (Å²) in [6.07, 6.45) is 5.68. The highest BCUT2D eigenvalue weighted by molar-refractivity contribution is 5.95. The van der Waals surface area contributed by atoms with Crippen LogP contribution in [0.3, 0.4) is 0 Å². The number of nitrogens with zero attached hydrogens (tertiary/aromatic N) is 3. The van der Waals surface area contributed by atoms with Gasteiger partial charge in [0.05, 0.1) is 5.56 Å². The maximum Gasteiger partial charge on any atom is 0.253 e. The summed E-state index contributed by atoms with van der Waals surface area (Å²) in [5.41, 5.74) is 4.24. The van der Waals surface area contributed by atoms with Gasteiger partial charge in [-0.3, -0.25) is 14.7 Å². The number of carbonyl (C=O) groups excluding carboxylic acids is 1. The summed E-state index contributed by atoms with van der Waals surface area (Å²) in [4.78, 5) is 19.0. The van der Waals surface area contributed by atoms with E-state index in [-0.39, 0.29) is 11.9 Å². The van der Waals surface area contributed by atoms with E-state index in [9.17, 15) is 4.79 Å². The van der Waals surface area contributed by atoms with E-state index in [0.717, 1.165) is 49.4 Å². The lowest BCUT2D eigenvalue weighted by Crippen LogP contribution is -2.44. The molecule has 0 bridgehead atoms. The summed E-state index contributed by atoms with van der Waals surface area (Å²) >= 11 is 0. The number of amides is 1. The number of pyridine rings is 1. The lowest BCUT2D eigenvalue weighted by Gasteiger charge is -2.32. The van der Waals surface area contributed by atoms with Crippen LogP contribution in [0.5, 0.6) is 0 Å². The second-order valence-electron chi connectivity index (χ2n) is 6.72. The molecule has 2 aromatic heterocycles. The number of hydrogen-bond acceptors (Lipinski definition) is 3. The lowest BCUT2D eigenvalue weighted by molar-refractivity contribution is 0.0908. The fourth-order valence-electron chi connectivity index (χ4n) is 3.33. The van der Waals surface area contributed by atoms with Crippen LogP contribution in [0, 0.1) is 13.8 Å². The molecule has 1 saturated heterocycles. The minimum absolute atomic E-state index is 0.0591. The number of nitrogens with one attached hydrogen (secondary N) is 1. The summed E-state index contributed by atoms with van der Waals surface area (Å²) in [7, 11) is 2.00. The summed E-state index contributed by atoms with van der Waals surface area (Å²) < 4.78 is 2.06. The Hall–Kier alpha value is -2.14. The molecular formula is C19H26N4O. The van der Waals surface area contributed by atoms with E-state index in [2.05, 4.69) is 31.9 Å². The number of piperidine rings is 1. The van der Waals surface area contributed by atoms with E-state index in [1.165, 1.54) is 5.56 Å². The van der Waals surface area contributed by atoms with Crippen molar-refractivity contribution >= 4 is 5.91 Å². The first kappa shape index (κ1) is 16.7. The molecule has 1 amide bonds. The smallest absolute Gasteiger partial charge is 0.253 e. The molecule has 1 aliphatic heterocycles. The van der Waals surface area contributed by atoms with Gasteiger partial charge >= 0.3 is 0 Å². The van der Waals surface area contributed by atoms with Crippen molar-refractivity contribution in [3.63, 3.8) is 0 Å². The first-order chi connectivity index (χ1) is 11.5. The molecule has 0 aromatic carbocycles. The van der Waals surface area contributed by atoms with Crippen molar-refractivity contribution in [2.24, 2.45) is 7.05 Å². The maximum absolute atomic E-state index is 12.5. The molecular weight excluding hydrogens is 300 g/mol. The van der Waals surface area contributed by atoms with Crippen molar-refractivity contribution in [2.45, 2.75) is 39.3 Å². The van der Waals surface area contributed by atoms with Gasteiger partial charge in [-0.1, -0.05) is 0 Å². The zero-order chi connectivity index (χ0) is 17.1. The lowest BCUT2D eigenvalue weighted by atomic mass is 10.0. The van der Waals surface area contributed by atoms with Crippen LogP contribution in [0.25, 0.3) is 0 Å². The molecule has 0 atom stereocenters. The molecule has 0 saturated carbocycles. The van der Waals surface area contributed by atoms with Gasteiger partial charge in [0.2, 0.25) is 0 Å². The molecule has 1 aliphatic rings. The third-order valence-electron chi connectivity index (χ3n) is 5.10. The van der Waals surface area contributed by atoms with E-state index in [1.807, 2.05) is 39.4 Å². The number of carbonyl (C=O) groups is 1. The predicted octanol–water partition coefficient (Wildman–Crippen LogP) is 2.43. The highest BCUT2D eigenvalue weighted by Gasteiger charge is 2.22. The number of rotatable bonds is 4. The Morgan fingerprint density at radius 2 is 1.92 bits per heavy atom. The Bertz CT molecular complexity index is 700. The molecule has 128 valence electrons. The minimum Gasteiger partial charge on any atom is -0.351 e. The van der Waals surface area contributed by atoms with Crippen LogP contribution in [0.1, 0.15) is 40.2 Å². The zero-order valence-corrected chi connectivity index (χ0v) is 14.7. The van der Waals surface area contributed by atoms with Crippen molar-refractivity contribution in [3.05, 3.63) is 53.1 Å². The Kier molecular flexibility index (Phi) is 5.00. The summed E-state index contributed by atoms with van der Waals surface area (Å²) in [5.74, 6) is 0.0591. The molecule has 0 unspecified atom stereocenters. The number of aromatic nitrogens is 2. The number of hydrogen-bond donors (Lipinski definition) is 1. The average molecular weight is 326 g/mol. The molecule has 1 N–H and O–H groups in total. The molecule has 3 rings (SSSR count). The van der Waals surface area contributed by atoms with Gasteiger partial charge in [-0.15, -0.1) is 0 Å². The van der Waals surface area contributed by atoms with E-state index in [0.29, 0.717) is 0 Å². The van der Waals surface area contributed by atoms with Gasteiger partial charge in [0.25, 0.3) is 5.91 Å². The second kappa shape index (κ2) is 7.18. The highest BCUT2D eigenvalue weighted by atomic mass is 16.1. The molecule has 5 heteroatoms. The van der Waals surface area contributed by atoms with Crippen molar-refractivity contribution in [3.8, 4) is 0 Å². The fraction of sp³-hybridized carbons (Fsp3) is 0.474. The normalized spacial score (nSPS) is 16.3. The summed E-state index contributed by atoms with van der Waals surface area (Å²) in [5, 5.41) is 3.21. The first-order valence-electron chi connectivity index (χ1n) is 8.59. The monoisotopic (exact) mass is 326 g/mol. The van der Waals surface area contributed by atoms with Gasteiger partial charge in [-0.2, -0.15) is 0 Å². The topological polar surface area (TPSA) is 50.2 Å². The Morgan fingerprint density at radius 3 is 2.50 bits per heavy atom. The molecule has 2 aromatic rings. The highest BCUT2D eigenvalue weighted by Crippen LogP contribution is 2.16.